The van der Waals surface area contributed by atoms with E-state index in [0.717, 1.165) is 11.1 Å². The van der Waals surface area contributed by atoms with E-state index in [1.54, 1.807) is 19.2 Å². The number of benzene rings is 2. The molecule has 0 aromatic heterocycles. The average Bonchev–Trinajstić information content (AvgIpc) is 2.60. The smallest absolute Gasteiger partial charge is 0.485 e. The molecule has 0 aliphatic carbocycles. The van der Waals surface area contributed by atoms with Gasteiger partial charge in [0.1, 0.15) is 5.75 Å². The number of hydrogen-bond acceptors (Lipinski definition) is 6. The lowest BCUT2D eigenvalue weighted by Crippen LogP contribution is -2.21. The van der Waals surface area contributed by atoms with Crippen LogP contribution < -0.4 is 9.47 Å². The molecule has 7 nitrogen and oxygen atoms in total. The van der Waals surface area contributed by atoms with Crippen LogP contribution >= 0.6 is 0 Å². The van der Waals surface area contributed by atoms with Gasteiger partial charge in [-0.3, -0.25) is 0 Å². The number of rotatable bonds is 3. The highest BCUT2D eigenvalue weighted by Crippen LogP contribution is 2.40. The highest BCUT2D eigenvalue weighted by molar-refractivity contribution is 7.86. The molecule has 2 aromatic rings. The zero-order valence-electron chi connectivity index (χ0n) is 14.4. The number of ether oxygens (including phenoxy) is 2. The van der Waals surface area contributed by atoms with Crippen molar-refractivity contribution in [2.45, 2.75) is 12.4 Å². The Balaban J connectivity index is 0.000000387. The van der Waals surface area contributed by atoms with Crippen LogP contribution in [0.2, 0.25) is 0 Å². The summed E-state index contributed by atoms with van der Waals surface area (Å²) in [6.45, 7) is 2.04. The molecule has 0 N–H and O–H groups in total. The number of alkyl halides is 3. The third kappa shape index (κ3) is 5.83. The SMILES string of the molecule is COc1cc(-c2ccc(C)cc2)c(OC)cc1[N+]#N.O=S(=O)([O-])C(F)(F)F. The normalized spacial score (nSPS) is 11.0. The minimum absolute atomic E-state index is 0.343. The molecule has 0 spiro atoms. The largest absolute Gasteiger partial charge is 0.741 e. The second kappa shape index (κ2) is 8.70. The fraction of sp³-hybridized carbons (Fsp3) is 0.250. The van der Waals surface area contributed by atoms with E-state index in [1.165, 1.54) is 12.7 Å². The van der Waals surface area contributed by atoms with Crippen LogP contribution in [0.15, 0.2) is 36.4 Å². The zero-order chi connectivity index (χ0) is 20.8. The number of diazo groups is 1. The van der Waals surface area contributed by atoms with Crippen molar-refractivity contribution < 1.29 is 35.6 Å². The van der Waals surface area contributed by atoms with Crippen LogP contribution in [0.4, 0.5) is 18.9 Å². The summed E-state index contributed by atoms with van der Waals surface area (Å²) >= 11 is 0. The second-order valence-electron chi connectivity index (χ2n) is 5.09. The van der Waals surface area contributed by atoms with Crippen LogP contribution in [0.1, 0.15) is 5.56 Å². The van der Waals surface area contributed by atoms with Crippen molar-refractivity contribution in [3.63, 3.8) is 0 Å². The van der Waals surface area contributed by atoms with Crippen molar-refractivity contribution in [1.82, 2.24) is 0 Å². The van der Waals surface area contributed by atoms with Gasteiger partial charge >= 0.3 is 11.2 Å². The molecule has 0 amide bonds. The van der Waals surface area contributed by atoms with Gasteiger partial charge in [-0.15, -0.1) is 0 Å². The maximum absolute atomic E-state index is 10.7. The second-order valence-corrected chi connectivity index (χ2v) is 6.46. The van der Waals surface area contributed by atoms with Gasteiger partial charge in [0.15, 0.2) is 15.1 Å². The quantitative estimate of drug-likeness (QED) is 0.431. The monoisotopic (exact) mass is 404 g/mol. The van der Waals surface area contributed by atoms with Gasteiger partial charge in [0, 0.05) is 11.6 Å². The van der Waals surface area contributed by atoms with Crippen LogP contribution in [0.25, 0.3) is 16.1 Å². The van der Waals surface area contributed by atoms with Gasteiger partial charge in [0.2, 0.25) is 11.1 Å². The van der Waals surface area contributed by atoms with Crippen molar-refractivity contribution in [3.8, 4) is 22.6 Å². The molecule has 0 fully saturated rings. The van der Waals surface area contributed by atoms with Crippen molar-refractivity contribution in [1.29, 1.82) is 5.39 Å². The highest BCUT2D eigenvalue weighted by atomic mass is 32.2. The van der Waals surface area contributed by atoms with E-state index in [4.69, 9.17) is 27.8 Å². The molecule has 2 rings (SSSR count). The molecule has 27 heavy (non-hydrogen) atoms. The molecule has 0 aliphatic heterocycles. The molecule has 0 saturated heterocycles. The van der Waals surface area contributed by atoms with Gasteiger partial charge in [-0.1, -0.05) is 29.8 Å². The summed E-state index contributed by atoms with van der Waals surface area (Å²) in [7, 11) is -2.97. The zero-order valence-corrected chi connectivity index (χ0v) is 15.3. The average molecular weight is 404 g/mol. The first-order valence-electron chi connectivity index (χ1n) is 7.15. The maximum Gasteiger partial charge on any atom is 0.485 e. The maximum atomic E-state index is 10.7. The van der Waals surface area contributed by atoms with E-state index in [-0.39, 0.29) is 0 Å². The Labute approximate surface area is 153 Å². The standard InChI is InChI=1S/C15H15N2O2.CHF3O3S/c1-10-4-6-11(7-5-10)12-8-15(19-3)13(17-16)9-14(12)18-2;2-1(3,4)8(5,6)7/h4-9H,1-3H3;(H,5,6,7)/q+1;/p-1. The van der Waals surface area contributed by atoms with E-state index in [9.17, 15) is 13.2 Å². The number of methoxy groups -OCH3 is 2. The molecule has 2 aromatic carbocycles. The first kappa shape index (κ1) is 22.2. The van der Waals surface area contributed by atoms with E-state index >= 15 is 0 Å². The van der Waals surface area contributed by atoms with Crippen molar-refractivity contribution in [2.75, 3.05) is 14.2 Å². The minimum atomic E-state index is -6.09. The first-order chi connectivity index (χ1) is 12.4. The summed E-state index contributed by atoms with van der Waals surface area (Å²) in [4.78, 5) is 3.19. The van der Waals surface area contributed by atoms with Gasteiger partial charge in [-0.2, -0.15) is 13.2 Å². The van der Waals surface area contributed by atoms with Crippen LogP contribution in [0.3, 0.4) is 0 Å². The fourth-order valence-electron chi connectivity index (χ4n) is 1.92. The van der Waals surface area contributed by atoms with E-state index < -0.39 is 15.6 Å². The van der Waals surface area contributed by atoms with Crippen molar-refractivity contribution >= 4 is 15.8 Å². The van der Waals surface area contributed by atoms with Gasteiger partial charge < -0.3 is 14.0 Å². The Kier molecular flexibility index (Phi) is 7.15. The Bertz CT molecular complexity index is 936. The van der Waals surface area contributed by atoms with Crippen LogP contribution in [0, 0.1) is 12.3 Å². The lowest BCUT2D eigenvalue weighted by Gasteiger charge is -2.09. The third-order valence-corrected chi connectivity index (χ3v) is 3.82. The number of aryl methyl sites for hydroxylation is 1. The van der Waals surface area contributed by atoms with Gasteiger partial charge in [0.05, 0.1) is 20.3 Å². The molecule has 0 aliphatic rings. The van der Waals surface area contributed by atoms with Crippen LogP contribution in [0.5, 0.6) is 11.5 Å². The predicted octanol–water partition coefficient (Wildman–Crippen LogP) is 4.22. The number of halogens is 3. The summed E-state index contributed by atoms with van der Waals surface area (Å²) < 4.78 is 69.5. The van der Waals surface area contributed by atoms with Gasteiger partial charge in [-0.25, -0.2) is 8.42 Å². The topological polar surface area (TPSA) is 104 Å². The van der Waals surface area contributed by atoms with Crippen molar-refractivity contribution in [3.05, 3.63) is 46.9 Å². The molecule has 0 radical (unpaired) electrons. The van der Waals surface area contributed by atoms with E-state index in [0.29, 0.717) is 17.2 Å². The predicted molar refractivity (Wildman–Crippen MR) is 90.2 cm³/mol. The van der Waals surface area contributed by atoms with Crippen LogP contribution in [-0.4, -0.2) is 32.7 Å². The van der Waals surface area contributed by atoms with Crippen molar-refractivity contribution in [2.24, 2.45) is 0 Å². The molecule has 146 valence electrons. The fourth-order valence-corrected chi connectivity index (χ4v) is 1.92. The number of hydrogen-bond donors (Lipinski definition) is 0. The molecule has 0 atom stereocenters. The summed E-state index contributed by atoms with van der Waals surface area (Å²) in [6, 6.07) is 11.6. The van der Waals surface area contributed by atoms with E-state index in [2.05, 4.69) is 4.98 Å². The summed E-state index contributed by atoms with van der Waals surface area (Å²) in [5, 5.41) is 8.96. The molecular formula is C16H15F3N2O5S. The lowest BCUT2D eigenvalue weighted by molar-refractivity contribution is -0.0517. The van der Waals surface area contributed by atoms with E-state index in [1.807, 2.05) is 31.2 Å². The first-order valence-corrected chi connectivity index (χ1v) is 8.55. The summed E-state index contributed by atoms with van der Waals surface area (Å²) in [5.41, 5.74) is -2.20. The Morgan fingerprint density at radius 2 is 1.52 bits per heavy atom. The molecular weight excluding hydrogens is 389 g/mol. The molecule has 0 bridgehead atoms. The molecule has 0 heterocycles. The lowest BCUT2D eigenvalue weighted by atomic mass is 10.0. The summed E-state index contributed by atoms with van der Waals surface area (Å²) in [6.07, 6.45) is 0. The molecule has 11 heteroatoms. The van der Waals surface area contributed by atoms with Crippen LogP contribution in [-0.2, 0) is 10.1 Å². The highest BCUT2D eigenvalue weighted by Gasteiger charge is 2.36. The molecule has 0 unspecified atom stereocenters. The Morgan fingerprint density at radius 3 is 1.89 bits per heavy atom. The minimum Gasteiger partial charge on any atom is -0.741 e. The summed E-state index contributed by atoms with van der Waals surface area (Å²) in [5.74, 6) is 1.14. The Morgan fingerprint density at radius 1 is 1.04 bits per heavy atom. The van der Waals surface area contributed by atoms with Gasteiger partial charge in [0.25, 0.3) is 0 Å². The molecule has 0 saturated carbocycles. The number of nitrogens with zero attached hydrogens (tertiary/aromatic N) is 2. The van der Waals surface area contributed by atoms with Gasteiger partial charge in [-0.05, 0) is 12.5 Å². The third-order valence-electron chi connectivity index (χ3n) is 3.25. The Hall–Kier alpha value is -2.84.